The van der Waals surface area contributed by atoms with Gasteiger partial charge in [0.2, 0.25) is 5.91 Å². The Labute approximate surface area is 183 Å². The zero-order valence-electron chi connectivity index (χ0n) is 17.9. The van der Waals surface area contributed by atoms with Crippen LogP contribution in [0.15, 0.2) is 54.6 Å². The van der Waals surface area contributed by atoms with Crippen molar-refractivity contribution in [2.45, 2.75) is 45.4 Å². The number of amides is 2. The number of hydrogen-bond acceptors (Lipinski definition) is 5. The van der Waals surface area contributed by atoms with Gasteiger partial charge in [-0.15, -0.1) is 0 Å². The van der Waals surface area contributed by atoms with Crippen LogP contribution in [0.2, 0.25) is 0 Å². The SMILES string of the molecule is CCCOc1ccccc1C(=O)NNC(=O)CCCC(=O)OCCCc1ccccc1. The topological polar surface area (TPSA) is 93.7 Å². The minimum atomic E-state index is -0.460. The first kappa shape index (κ1) is 23.9. The molecule has 0 aliphatic heterocycles. The van der Waals surface area contributed by atoms with E-state index in [-0.39, 0.29) is 24.7 Å². The molecule has 0 radical (unpaired) electrons. The van der Waals surface area contributed by atoms with E-state index in [2.05, 4.69) is 10.9 Å². The summed E-state index contributed by atoms with van der Waals surface area (Å²) in [7, 11) is 0. The van der Waals surface area contributed by atoms with Crippen molar-refractivity contribution in [2.75, 3.05) is 13.2 Å². The van der Waals surface area contributed by atoms with E-state index in [0.29, 0.717) is 30.9 Å². The molecule has 0 atom stereocenters. The number of para-hydroxylation sites is 1. The van der Waals surface area contributed by atoms with Crippen LogP contribution in [0.25, 0.3) is 0 Å². The van der Waals surface area contributed by atoms with Crippen LogP contribution >= 0.6 is 0 Å². The highest BCUT2D eigenvalue weighted by Gasteiger charge is 2.13. The fourth-order valence-electron chi connectivity index (χ4n) is 2.82. The van der Waals surface area contributed by atoms with Gasteiger partial charge < -0.3 is 9.47 Å². The largest absolute Gasteiger partial charge is 0.493 e. The fraction of sp³-hybridized carbons (Fsp3) is 0.375. The summed E-state index contributed by atoms with van der Waals surface area (Å²) in [5.74, 6) is -0.701. The quantitative estimate of drug-likeness (QED) is 0.307. The van der Waals surface area contributed by atoms with Crippen molar-refractivity contribution in [2.24, 2.45) is 0 Å². The molecule has 0 aromatic heterocycles. The Bertz CT molecular complexity index is 839. The molecule has 0 saturated heterocycles. The van der Waals surface area contributed by atoms with Gasteiger partial charge in [0.1, 0.15) is 5.75 Å². The number of ether oxygens (including phenoxy) is 2. The maximum absolute atomic E-state index is 12.3. The van der Waals surface area contributed by atoms with E-state index in [1.165, 1.54) is 5.56 Å². The Morgan fingerprint density at radius 2 is 1.58 bits per heavy atom. The third-order valence-corrected chi connectivity index (χ3v) is 4.41. The molecule has 0 aliphatic carbocycles. The minimum Gasteiger partial charge on any atom is -0.493 e. The summed E-state index contributed by atoms with van der Waals surface area (Å²) in [4.78, 5) is 36.0. The van der Waals surface area contributed by atoms with Gasteiger partial charge in [-0.2, -0.15) is 0 Å². The average Bonchev–Trinajstić information content (AvgIpc) is 2.80. The van der Waals surface area contributed by atoms with E-state index < -0.39 is 5.91 Å². The second-order valence-corrected chi connectivity index (χ2v) is 7.01. The molecule has 7 heteroatoms. The molecule has 2 aromatic carbocycles. The molecule has 2 rings (SSSR count). The number of benzene rings is 2. The lowest BCUT2D eigenvalue weighted by Gasteiger charge is -2.11. The van der Waals surface area contributed by atoms with Crippen LogP contribution in [0.3, 0.4) is 0 Å². The van der Waals surface area contributed by atoms with E-state index in [0.717, 1.165) is 19.3 Å². The number of nitrogens with one attached hydrogen (secondary N) is 2. The Kier molecular flexibility index (Phi) is 10.6. The lowest BCUT2D eigenvalue weighted by atomic mass is 10.1. The Balaban J connectivity index is 1.59. The first-order valence-electron chi connectivity index (χ1n) is 10.6. The molecule has 2 aromatic rings. The Morgan fingerprint density at radius 1 is 0.839 bits per heavy atom. The molecule has 0 heterocycles. The van der Waals surface area contributed by atoms with Gasteiger partial charge in [0.15, 0.2) is 0 Å². The molecule has 0 bridgehead atoms. The van der Waals surface area contributed by atoms with Gasteiger partial charge in [-0.1, -0.05) is 49.4 Å². The number of rotatable bonds is 12. The van der Waals surface area contributed by atoms with Crippen molar-refractivity contribution in [3.63, 3.8) is 0 Å². The molecule has 7 nitrogen and oxygen atoms in total. The third kappa shape index (κ3) is 9.33. The van der Waals surface area contributed by atoms with E-state index >= 15 is 0 Å². The highest BCUT2D eigenvalue weighted by atomic mass is 16.5. The zero-order chi connectivity index (χ0) is 22.3. The van der Waals surface area contributed by atoms with Crippen LogP contribution in [-0.2, 0) is 20.7 Å². The maximum Gasteiger partial charge on any atom is 0.305 e. The predicted octanol–water partition coefficient (Wildman–Crippen LogP) is 3.58. The minimum absolute atomic E-state index is 0.105. The summed E-state index contributed by atoms with van der Waals surface area (Å²) in [6, 6.07) is 16.8. The Morgan fingerprint density at radius 3 is 2.35 bits per heavy atom. The van der Waals surface area contributed by atoms with Gasteiger partial charge >= 0.3 is 5.97 Å². The van der Waals surface area contributed by atoms with Crippen LogP contribution in [0, 0.1) is 0 Å². The van der Waals surface area contributed by atoms with Crippen LogP contribution in [-0.4, -0.2) is 31.0 Å². The van der Waals surface area contributed by atoms with Crippen LogP contribution in [0.4, 0.5) is 0 Å². The predicted molar refractivity (Wildman–Crippen MR) is 117 cm³/mol. The molecule has 166 valence electrons. The lowest BCUT2D eigenvalue weighted by molar-refractivity contribution is -0.143. The van der Waals surface area contributed by atoms with E-state index in [1.54, 1.807) is 24.3 Å². The Hall–Kier alpha value is -3.35. The normalized spacial score (nSPS) is 10.2. The van der Waals surface area contributed by atoms with Gasteiger partial charge in [0, 0.05) is 12.8 Å². The number of hydrazine groups is 1. The van der Waals surface area contributed by atoms with Crippen molar-refractivity contribution in [1.82, 2.24) is 10.9 Å². The molecule has 0 spiro atoms. The monoisotopic (exact) mass is 426 g/mol. The first-order chi connectivity index (χ1) is 15.1. The summed E-state index contributed by atoms with van der Waals surface area (Å²) in [5, 5.41) is 0. The summed E-state index contributed by atoms with van der Waals surface area (Å²) < 4.78 is 10.7. The van der Waals surface area contributed by atoms with E-state index in [4.69, 9.17) is 9.47 Å². The smallest absolute Gasteiger partial charge is 0.305 e. The first-order valence-corrected chi connectivity index (χ1v) is 10.6. The highest BCUT2D eigenvalue weighted by Crippen LogP contribution is 2.17. The number of hydrogen-bond donors (Lipinski definition) is 2. The average molecular weight is 427 g/mol. The van der Waals surface area contributed by atoms with Gasteiger partial charge in [-0.25, -0.2) is 0 Å². The van der Waals surface area contributed by atoms with Crippen LogP contribution < -0.4 is 15.6 Å². The van der Waals surface area contributed by atoms with Crippen molar-refractivity contribution in [3.05, 3.63) is 65.7 Å². The molecular weight excluding hydrogens is 396 g/mol. The number of aryl methyl sites for hydroxylation is 1. The van der Waals surface area contributed by atoms with Crippen molar-refractivity contribution in [3.8, 4) is 5.75 Å². The third-order valence-electron chi connectivity index (χ3n) is 4.41. The van der Waals surface area contributed by atoms with Crippen molar-refractivity contribution >= 4 is 17.8 Å². The summed E-state index contributed by atoms with van der Waals surface area (Å²) in [6.45, 7) is 2.83. The molecule has 0 unspecified atom stereocenters. The molecule has 0 saturated carbocycles. The molecule has 2 amide bonds. The molecule has 0 fully saturated rings. The molecular formula is C24H30N2O5. The molecule has 31 heavy (non-hydrogen) atoms. The zero-order valence-corrected chi connectivity index (χ0v) is 17.9. The number of carbonyl (C=O) groups is 3. The van der Waals surface area contributed by atoms with Crippen LogP contribution in [0.1, 0.15) is 54.9 Å². The van der Waals surface area contributed by atoms with Gasteiger partial charge in [0.05, 0.1) is 18.8 Å². The summed E-state index contributed by atoms with van der Waals surface area (Å²) >= 11 is 0. The second-order valence-electron chi connectivity index (χ2n) is 7.01. The standard InChI is InChI=1S/C24H30N2O5/c1-2-17-30-21-14-7-6-13-20(21)24(29)26-25-22(27)15-8-16-23(28)31-18-9-12-19-10-4-3-5-11-19/h3-7,10-11,13-14H,2,8-9,12,15-18H2,1H3,(H,25,27)(H,26,29). The van der Waals surface area contributed by atoms with Crippen LogP contribution in [0.5, 0.6) is 5.75 Å². The van der Waals surface area contributed by atoms with Crippen molar-refractivity contribution in [1.29, 1.82) is 0 Å². The lowest BCUT2D eigenvalue weighted by Crippen LogP contribution is -2.41. The number of carbonyl (C=O) groups excluding carboxylic acids is 3. The molecule has 0 aliphatic rings. The van der Waals surface area contributed by atoms with Gasteiger partial charge in [-0.05, 0) is 43.4 Å². The number of esters is 1. The summed E-state index contributed by atoms with van der Waals surface area (Å²) in [6.07, 6.45) is 3.03. The highest BCUT2D eigenvalue weighted by molar-refractivity contribution is 5.97. The maximum atomic E-state index is 12.3. The summed E-state index contributed by atoms with van der Waals surface area (Å²) in [5.41, 5.74) is 6.29. The van der Waals surface area contributed by atoms with Gasteiger partial charge in [0.25, 0.3) is 5.91 Å². The second kappa shape index (κ2) is 13.8. The molecule has 2 N–H and O–H groups in total. The van der Waals surface area contributed by atoms with E-state index in [9.17, 15) is 14.4 Å². The van der Waals surface area contributed by atoms with Crippen molar-refractivity contribution < 1.29 is 23.9 Å². The van der Waals surface area contributed by atoms with Gasteiger partial charge in [-0.3, -0.25) is 25.2 Å². The van der Waals surface area contributed by atoms with E-state index in [1.807, 2.05) is 37.3 Å². The fourth-order valence-corrected chi connectivity index (χ4v) is 2.82.